The maximum atomic E-state index is 12.6. The molecular formula is C28H31ClN2O2. The summed E-state index contributed by atoms with van der Waals surface area (Å²) in [5, 5.41) is 4.36. The Morgan fingerprint density at radius 1 is 1.03 bits per heavy atom. The van der Waals surface area contributed by atoms with Crippen molar-refractivity contribution in [2.75, 3.05) is 7.11 Å². The third-order valence-corrected chi connectivity index (χ3v) is 6.54. The van der Waals surface area contributed by atoms with Gasteiger partial charge in [-0.25, -0.2) is 0 Å². The highest BCUT2D eigenvalue weighted by atomic mass is 35.5. The van der Waals surface area contributed by atoms with Gasteiger partial charge in [0.1, 0.15) is 5.75 Å². The first-order valence-corrected chi connectivity index (χ1v) is 12.0. The second-order valence-electron chi connectivity index (χ2n) is 8.64. The van der Waals surface area contributed by atoms with Crippen LogP contribution in [-0.4, -0.2) is 17.7 Å². The fourth-order valence-electron chi connectivity index (χ4n) is 4.30. The van der Waals surface area contributed by atoms with Crippen molar-refractivity contribution < 1.29 is 4.74 Å². The molecule has 5 heteroatoms. The van der Waals surface area contributed by atoms with Gasteiger partial charge in [0, 0.05) is 42.0 Å². The number of nitrogens with zero attached hydrogens (tertiary/aromatic N) is 1. The highest BCUT2D eigenvalue weighted by Crippen LogP contribution is 2.23. The van der Waals surface area contributed by atoms with Gasteiger partial charge < -0.3 is 14.6 Å². The van der Waals surface area contributed by atoms with Crippen LogP contribution in [0.4, 0.5) is 0 Å². The Balaban J connectivity index is 1.36. The summed E-state index contributed by atoms with van der Waals surface area (Å²) in [6.45, 7) is 1.46. The van der Waals surface area contributed by atoms with Crippen LogP contribution in [0.25, 0.3) is 12.2 Å². The number of ether oxygens (including phenoxy) is 1. The molecule has 1 aromatic heterocycles. The van der Waals surface area contributed by atoms with Gasteiger partial charge in [-0.1, -0.05) is 60.9 Å². The van der Waals surface area contributed by atoms with E-state index in [1.165, 1.54) is 31.2 Å². The molecule has 1 fully saturated rings. The Labute approximate surface area is 200 Å². The summed E-state index contributed by atoms with van der Waals surface area (Å²) in [6, 6.07) is 18.3. The molecular weight excluding hydrogens is 432 g/mol. The lowest BCUT2D eigenvalue weighted by Crippen LogP contribution is -2.25. The number of benzene rings is 2. The van der Waals surface area contributed by atoms with Crippen molar-refractivity contribution in [2.45, 2.75) is 51.2 Å². The fourth-order valence-corrected chi connectivity index (χ4v) is 4.43. The molecule has 0 spiro atoms. The van der Waals surface area contributed by atoms with E-state index in [0.717, 1.165) is 35.4 Å². The number of aryl methyl sites for hydroxylation is 2. The van der Waals surface area contributed by atoms with Crippen LogP contribution in [0, 0.1) is 0 Å². The molecule has 2 aromatic carbocycles. The van der Waals surface area contributed by atoms with E-state index in [1.807, 2.05) is 48.7 Å². The molecule has 3 aromatic rings. The van der Waals surface area contributed by atoms with Crippen LogP contribution in [0.3, 0.4) is 0 Å². The molecule has 4 nitrogen and oxygen atoms in total. The number of methoxy groups -OCH3 is 1. The molecule has 0 bridgehead atoms. The van der Waals surface area contributed by atoms with E-state index in [2.05, 4.69) is 23.5 Å². The predicted octanol–water partition coefficient (Wildman–Crippen LogP) is 5.96. The topological polar surface area (TPSA) is 43.3 Å². The maximum absolute atomic E-state index is 12.6. The molecule has 4 rings (SSSR count). The number of halogens is 1. The summed E-state index contributed by atoms with van der Waals surface area (Å²) in [6.07, 6.45) is 11.7. The van der Waals surface area contributed by atoms with E-state index in [0.29, 0.717) is 17.6 Å². The highest BCUT2D eigenvalue weighted by Gasteiger charge is 2.15. The first-order chi connectivity index (χ1) is 16.1. The second kappa shape index (κ2) is 11.4. The summed E-state index contributed by atoms with van der Waals surface area (Å²) in [4.78, 5) is 12.6. The average Bonchev–Trinajstić information content (AvgIpc) is 3.36. The molecule has 1 saturated carbocycles. The second-order valence-corrected chi connectivity index (χ2v) is 9.07. The van der Waals surface area contributed by atoms with E-state index in [-0.39, 0.29) is 5.56 Å². The third-order valence-electron chi connectivity index (χ3n) is 6.29. The number of rotatable bonds is 9. The molecule has 1 heterocycles. The van der Waals surface area contributed by atoms with Crippen LogP contribution in [0.2, 0.25) is 5.02 Å². The summed E-state index contributed by atoms with van der Waals surface area (Å²) in [5.74, 6) is 0.910. The van der Waals surface area contributed by atoms with Gasteiger partial charge in [0.25, 0.3) is 5.56 Å². The number of hydrogen-bond donors (Lipinski definition) is 1. The minimum absolute atomic E-state index is 0.00222. The SMILES string of the molecule is COc1cc(CCn2ccc(/C=C/c3ccc(Cl)cc3)cc2=O)ccc1CNC1CCCC1. The molecule has 0 radical (unpaired) electrons. The van der Waals surface area contributed by atoms with E-state index in [4.69, 9.17) is 16.3 Å². The molecule has 0 unspecified atom stereocenters. The maximum Gasteiger partial charge on any atom is 0.251 e. The van der Waals surface area contributed by atoms with Crippen molar-refractivity contribution in [3.63, 3.8) is 0 Å². The molecule has 1 aliphatic rings. The smallest absolute Gasteiger partial charge is 0.251 e. The van der Waals surface area contributed by atoms with Crippen LogP contribution < -0.4 is 15.6 Å². The Hall–Kier alpha value is -2.82. The van der Waals surface area contributed by atoms with Gasteiger partial charge >= 0.3 is 0 Å². The first-order valence-electron chi connectivity index (χ1n) is 11.6. The number of hydrogen-bond acceptors (Lipinski definition) is 3. The largest absolute Gasteiger partial charge is 0.496 e. The number of pyridine rings is 1. The van der Waals surface area contributed by atoms with Gasteiger partial charge in [0.05, 0.1) is 7.11 Å². The van der Waals surface area contributed by atoms with Gasteiger partial charge in [0.2, 0.25) is 0 Å². The van der Waals surface area contributed by atoms with Crippen molar-refractivity contribution in [1.82, 2.24) is 9.88 Å². The summed E-state index contributed by atoms with van der Waals surface area (Å²) >= 11 is 5.93. The van der Waals surface area contributed by atoms with Gasteiger partial charge in [-0.15, -0.1) is 0 Å². The van der Waals surface area contributed by atoms with Crippen molar-refractivity contribution in [1.29, 1.82) is 0 Å². The molecule has 0 saturated heterocycles. The molecule has 0 aliphatic heterocycles. The van der Waals surface area contributed by atoms with Gasteiger partial charge in [-0.2, -0.15) is 0 Å². The lowest BCUT2D eigenvalue weighted by Gasteiger charge is -2.15. The van der Waals surface area contributed by atoms with Crippen LogP contribution in [0.15, 0.2) is 65.6 Å². The average molecular weight is 463 g/mol. The van der Waals surface area contributed by atoms with Crippen LogP contribution >= 0.6 is 11.6 Å². The fraction of sp³-hybridized carbons (Fsp3) is 0.321. The van der Waals surface area contributed by atoms with Crippen LogP contribution in [0.5, 0.6) is 5.75 Å². The van der Waals surface area contributed by atoms with Crippen molar-refractivity contribution in [2.24, 2.45) is 0 Å². The molecule has 1 N–H and O–H groups in total. The van der Waals surface area contributed by atoms with E-state index < -0.39 is 0 Å². The number of nitrogens with one attached hydrogen (secondary N) is 1. The van der Waals surface area contributed by atoms with Gasteiger partial charge in [0.15, 0.2) is 0 Å². The van der Waals surface area contributed by atoms with Gasteiger partial charge in [-0.05, 0) is 60.2 Å². The van der Waals surface area contributed by atoms with Crippen molar-refractivity contribution >= 4 is 23.8 Å². The molecule has 1 aliphatic carbocycles. The number of aromatic nitrogens is 1. The first kappa shape index (κ1) is 23.3. The summed E-state index contributed by atoms with van der Waals surface area (Å²) < 4.78 is 7.39. The standard InChI is InChI=1S/C28H31ClN2O2/c1-33-27-18-22(8-11-24(27)20-30-26-4-2-3-5-26)14-16-31-17-15-23(19-28(31)32)7-6-21-9-12-25(29)13-10-21/h6-13,15,17-19,26,30H,2-5,14,16,20H2,1H3/b7-6+. The van der Waals surface area contributed by atoms with E-state index in [1.54, 1.807) is 17.7 Å². The Morgan fingerprint density at radius 2 is 1.79 bits per heavy atom. The lowest BCUT2D eigenvalue weighted by molar-refractivity contribution is 0.404. The Morgan fingerprint density at radius 3 is 2.52 bits per heavy atom. The minimum atomic E-state index is -0.00222. The zero-order valence-corrected chi connectivity index (χ0v) is 19.9. The van der Waals surface area contributed by atoms with E-state index in [9.17, 15) is 4.79 Å². The predicted molar refractivity (Wildman–Crippen MR) is 137 cm³/mol. The summed E-state index contributed by atoms with van der Waals surface area (Å²) in [5.41, 5.74) is 4.27. The van der Waals surface area contributed by atoms with Crippen molar-refractivity contribution in [3.05, 3.63) is 98.4 Å². The molecule has 172 valence electrons. The molecule has 0 atom stereocenters. The quantitative estimate of drug-likeness (QED) is 0.427. The minimum Gasteiger partial charge on any atom is -0.496 e. The normalized spacial score (nSPS) is 14.2. The summed E-state index contributed by atoms with van der Waals surface area (Å²) in [7, 11) is 1.72. The van der Waals surface area contributed by atoms with Crippen LogP contribution in [-0.2, 0) is 19.5 Å². The molecule has 33 heavy (non-hydrogen) atoms. The molecule has 0 amide bonds. The van der Waals surface area contributed by atoms with Crippen molar-refractivity contribution in [3.8, 4) is 5.75 Å². The monoisotopic (exact) mass is 462 g/mol. The van der Waals surface area contributed by atoms with Gasteiger partial charge in [-0.3, -0.25) is 4.79 Å². The third kappa shape index (κ3) is 6.59. The Kier molecular flexibility index (Phi) is 8.03. The van der Waals surface area contributed by atoms with Crippen LogP contribution in [0.1, 0.15) is 47.9 Å². The zero-order chi connectivity index (χ0) is 23.0. The Bertz CT molecular complexity index is 1150. The van der Waals surface area contributed by atoms with E-state index >= 15 is 0 Å². The highest BCUT2D eigenvalue weighted by molar-refractivity contribution is 6.30. The zero-order valence-electron chi connectivity index (χ0n) is 19.1. The lowest BCUT2D eigenvalue weighted by atomic mass is 10.1.